The van der Waals surface area contributed by atoms with Crippen molar-refractivity contribution in [3.63, 3.8) is 0 Å². The van der Waals surface area contributed by atoms with Gasteiger partial charge in [-0.05, 0) is 37.8 Å². The van der Waals surface area contributed by atoms with Crippen LogP contribution in [0, 0.1) is 13.8 Å². The van der Waals surface area contributed by atoms with Crippen LogP contribution in [0.2, 0.25) is 0 Å². The summed E-state index contributed by atoms with van der Waals surface area (Å²) in [5, 5.41) is 7.01. The van der Waals surface area contributed by atoms with Crippen molar-refractivity contribution in [3.8, 4) is 0 Å². The molecule has 2 rings (SSSR count). The van der Waals surface area contributed by atoms with Gasteiger partial charge in [-0.15, -0.1) is 0 Å². The maximum absolute atomic E-state index is 12.0. The van der Waals surface area contributed by atoms with Crippen LogP contribution in [0.3, 0.4) is 0 Å². The summed E-state index contributed by atoms with van der Waals surface area (Å²) < 4.78 is 26.6. The molecule has 5 nitrogen and oxygen atoms in total. The molecular formula is C15H21N3O2S. The Morgan fingerprint density at radius 1 is 1.14 bits per heavy atom. The van der Waals surface area contributed by atoms with E-state index in [1.807, 2.05) is 44.2 Å². The van der Waals surface area contributed by atoms with Crippen molar-refractivity contribution in [3.05, 3.63) is 52.8 Å². The summed E-state index contributed by atoms with van der Waals surface area (Å²) in [5.74, 6) is 0.111. The predicted octanol–water partition coefficient (Wildman–Crippen LogP) is 1.73. The third-order valence-electron chi connectivity index (χ3n) is 3.48. The van der Waals surface area contributed by atoms with Crippen LogP contribution >= 0.6 is 0 Å². The molecule has 0 aliphatic rings. The minimum Gasteiger partial charge on any atom is -0.282 e. The number of aromatic nitrogens is 2. The zero-order chi connectivity index (χ0) is 15.3. The van der Waals surface area contributed by atoms with Gasteiger partial charge < -0.3 is 0 Å². The van der Waals surface area contributed by atoms with E-state index in [1.165, 1.54) is 0 Å². The molecule has 6 heteroatoms. The summed E-state index contributed by atoms with van der Waals surface area (Å²) in [6.45, 7) is 4.26. The van der Waals surface area contributed by atoms with E-state index in [2.05, 4.69) is 14.9 Å². The smallest absolute Gasteiger partial charge is 0.211 e. The van der Waals surface area contributed by atoms with Crippen LogP contribution in [0.15, 0.2) is 30.3 Å². The fraction of sp³-hybridized carbons (Fsp3) is 0.400. The quantitative estimate of drug-likeness (QED) is 0.818. The number of sulfonamides is 1. The molecule has 0 bridgehead atoms. The second-order valence-corrected chi connectivity index (χ2v) is 7.04. The van der Waals surface area contributed by atoms with Gasteiger partial charge in [-0.1, -0.05) is 30.3 Å². The Hall–Kier alpha value is -1.66. The van der Waals surface area contributed by atoms with Gasteiger partial charge in [0.15, 0.2) is 0 Å². The van der Waals surface area contributed by atoms with Gasteiger partial charge in [-0.2, -0.15) is 5.10 Å². The first-order valence-electron chi connectivity index (χ1n) is 6.99. The van der Waals surface area contributed by atoms with Gasteiger partial charge in [-0.25, -0.2) is 13.1 Å². The Balaban J connectivity index is 1.82. The lowest BCUT2D eigenvalue weighted by atomic mass is 10.1. The predicted molar refractivity (Wildman–Crippen MR) is 83.7 cm³/mol. The summed E-state index contributed by atoms with van der Waals surface area (Å²) in [7, 11) is -3.24. The van der Waals surface area contributed by atoms with Crippen molar-refractivity contribution in [2.75, 3.05) is 12.3 Å². The van der Waals surface area contributed by atoms with Crippen LogP contribution in [0.25, 0.3) is 0 Å². The van der Waals surface area contributed by atoms with Gasteiger partial charge in [0.1, 0.15) is 0 Å². The van der Waals surface area contributed by atoms with E-state index >= 15 is 0 Å². The Kier molecular flexibility index (Phi) is 5.14. The Labute approximate surface area is 125 Å². The molecule has 1 heterocycles. The Morgan fingerprint density at radius 2 is 1.86 bits per heavy atom. The van der Waals surface area contributed by atoms with E-state index in [1.54, 1.807) is 0 Å². The summed E-state index contributed by atoms with van der Waals surface area (Å²) >= 11 is 0. The highest BCUT2D eigenvalue weighted by Gasteiger charge is 2.11. The molecular weight excluding hydrogens is 286 g/mol. The first-order valence-corrected chi connectivity index (χ1v) is 8.65. The lowest BCUT2D eigenvalue weighted by Crippen LogP contribution is -2.29. The lowest BCUT2D eigenvalue weighted by Gasteiger charge is -2.07. The van der Waals surface area contributed by atoms with Crippen LogP contribution in [0.1, 0.15) is 22.5 Å². The minimum absolute atomic E-state index is 0.111. The molecule has 1 aromatic carbocycles. The number of H-pyrrole nitrogens is 1. The summed E-state index contributed by atoms with van der Waals surface area (Å²) in [4.78, 5) is 0. The van der Waals surface area contributed by atoms with Crippen molar-refractivity contribution in [2.24, 2.45) is 0 Å². The molecule has 21 heavy (non-hydrogen) atoms. The van der Waals surface area contributed by atoms with E-state index in [4.69, 9.17) is 0 Å². The SMILES string of the molecule is Cc1n[nH]c(C)c1CCNS(=O)(=O)CCc1ccccc1. The summed E-state index contributed by atoms with van der Waals surface area (Å²) in [6, 6.07) is 9.63. The molecule has 0 fully saturated rings. The van der Waals surface area contributed by atoms with E-state index < -0.39 is 10.0 Å². The number of nitrogens with zero attached hydrogens (tertiary/aromatic N) is 1. The number of nitrogens with one attached hydrogen (secondary N) is 2. The molecule has 2 aromatic rings. The molecule has 0 aliphatic heterocycles. The molecule has 0 amide bonds. The zero-order valence-electron chi connectivity index (χ0n) is 12.4. The number of rotatable bonds is 7. The molecule has 1 aromatic heterocycles. The van der Waals surface area contributed by atoms with Gasteiger partial charge in [-0.3, -0.25) is 5.10 Å². The number of hydrogen-bond donors (Lipinski definition) is 2. The second kappa shape index (κ2) is 6.87. The van der Waals surface area contributed by atoms with Crippen LogP contribution in [0.4, 0.5) is 0 Å². The van der Waals surface area contributed by atoms with Crippen LogP contribution in [0.5, 0.6) is 0 Å². The van der Waals surface area contributed by atoms with Gasteiger partial charge in [0.2, 0.25) is 10.0 Å². The topological polar surface area (TPSA) is 74.8 Å². The van der Waals surface area contributed by atoms with Crippen molar-refractivity contribution < 1.29 is 8.42 Å². The number of benzene rings is 1. The zero-order valence-corrected chi connectivity index (χ0v) is 13.2. The summed E-state index contributed by atoms with van der Waals surface area (Å²) in [6.07, 6.45) is 1.18. The van der Waals surface area contributed by atoms with Crippen molar-refractivity contribution in [1.82, 2.24) is 14.9 Å². The van der Waals surface area contributed by atoms with Crippen molar-refractivity contribution in [1.29, 1.82) is 0 Å². The highest BCUT2D eigenvalue weighted by Crippen LogP contribution is 2.09. The van der Waals surface area contributed by atoms with Gasteiger partial charge in [0.05, 0.1) is 11.4 Å². The lowest BCUT2D eigenvalue weighted by molar-refractivity contribution is 0.580. The average molecular weight is 307 g/mol. The highest BCUT2D eigenvalue weighted by atomic mass is 32.2. The van der Waals surface area contributed by atoms with Gasteiger partial charge >= 0.3 is 0 Å². The molecule has 0 spiro atoms. The fourth-order valence-corrected chi connectivity index (χ4v) is 3.30. The number of hydrogen-bond acceptors (Lipinski definition) is 3. The Morgan fingerprint density at radius 3 is 2.48 bits per heavy atom. The third kappa shape index (κ3) is 4.68. The molecule has 2 N–H and O–H groups in total. The molecule has 0 aliphatic carbocycles. The maximum atomic E-state index is 12.0. The molecule has 114 valence electrons. The molecule has 0 saturated heterocycles. The monoisotopic (exact) mass is 307 g/mol. The fourth-order valence-electron chi connectivity index (χ4n) is 2.24. The standard InChI is InChI=1S/C15H21N3O2S/c1-12-15(13(2)18-17-12)8-10-16-21(19,20)11-9-14-6-4-3-5-7-14/h3-7,16H,8-11H2,1-2H3,(H,17,18). The van der Waals surface area contributed by atoms with E-state index in [0.29, 0.717) is 19.4 Å². The first kappa shape index (κ1) is 15.7. The molecule has 0 atom stereocenters. The van der Waals surface area contributed by atoms with Crippen LogP contribution in [-0.4, -0.2) is 30.9 Å². The minimum atomic E-state index is -3.24. The number of aryl methyl sites for hydroxylation is 3. The van der Waals surface area contributed by atoms with E-state index in [-0.39, 0.29) is 5.75 Å². The Bertz CT molecular complexity index is 659. The largest absolute Gasteiger partial charge is 0.282 e. The second-order valence-electron chi connectivity index (χ2n) is 5.11. The molecule has 0 saturated carbocycles. The molecule has 0 unspecified atom stereocenters. The van der Waals surface area contributed by atoms with Crippen molar-refractivity contribution in [2.45, 2.75) is 26.7 Å². The third-order valence-corrected chi connectivity index (χ3v) is 4.87. The van der Waals surface area contributed by atoms with E-state index in [0.717, 1.165) is 22.5 Å². The summed E-state index contributed by atoms with van der Waals surface area (Å²) in [5.41, 5.74) is 4.04. The van der Waals surface area contributed by atoms with Crippen LogP contribution < -0.4 is 4.72 Å². The normalized spacial score (nSPS) is 11.7. The van der Waals surface area contributed by atoms with Gasteiger partial charge in [0, 0.05) is 12.2 Å². The number of aromatic amines is 1. The molecule has 0 radical (unpaired) electrons. The maximum Gasteiger partial charge on any atom is 0.211 e. The first-order chi connectivity index (χ1) is 9.98. The average Bonchev–Trinajstić information content (AvgIpc) is 2.78. The van der Waals surface area contributed by atoms with Crippen molar-refractivity contribution >= 4 is 10.0 Å². The van der Waals surface area contributed by atoms with Gasteiger partial charge in [0.25, 0.3) is 0 Å². The highest BCUT2D eigenvalue weighted by molar-refractivity contribution is 7.89. The van der Waals surface area contributed by atoms with Crippen LogP contribution in [-0.2, 0) is 22.9 Å². The van der Waals surface area contributed by atoms with E-state index in [9.17, 15) is 8.42 Å².